The zero-order valence-corrected chi connectivity index (χ0v) is 10.1. The molecule has 1 atom stereocenters. The van der Waals surface area contributed by atoms with Gasteiger partial charge in [0.05, 0.1) is 11.8 Å². The number of amides is 1. The minimum absolute atomic E-state index is 0.0382. The third-order valence-electron chi connectivity index (χ3n) is 2.85. The second-order valence-electron chi connectivity index (χ2n) is 4.11. The largest absolute Gasteiger partial charge is 0.352 e. The zero-order valence-electron chi connectivity index (χ0n) is 10.1. The van der Waals surface area contributed by atoms with E-state index in [0.29, 0.717) is 11.5 Å². The van der Waals surface area contributed by atoms with Crippen LogP contribution in [0.15, 0.2) is 12.4 Å². The molecule has 0 aromatic carbocycles. The van der Waals surface area contributed by atoms with Gasteiger partial charge in [0.1, 0.15) is 0 Å². The highest BCUT2D eigenvalue weighted by atomic mass is 16.1. The topological polar surface area (TPSA) is 57.8 Å². The zero-order chi connectivity index (χ0) is 11.8. The SMILES string of the molecule is CCCCC(CC)CNC(=O)c1cn[nH]c1. The Morgan fingerprint density at radius 3 is 2.94 bits per heavy atom. The molecule has 0 saturated carbocycles. The van der Waals surface area contributed by atoms with Crippen molar-refractivity contribution in [3.8, 4) is 0 Å². The average Bonchev–Trinajstić information content (AvgIpc) is 2.82. The minimum atomic E-state index is -0.0382. The smallest absolute Gasteiger partial charge is 0.254 e. The van der Waals surface area contributed by atoms with Gasteiger partial charge >= 0.3 is 0 Å². The van der Waals surface area contributed by atoms with Crippen LogP contribution in [0.2, 0.25) is 0 Å². The molecular formula is C12H21N3O. The van der Waals surface area contributed by atoms with E-state index in [1.54, 1.807) is 12.4 Å². The van der Waals surface area contributed by atoms with Gasteiger partial charge in [0.25, 0.3) is 5.91 Å². The normalized spacial score (nSPS) is 12.4. The first-order chi connectivity index (χ1) is 7.77. The van der Waals surface area contributed by atoms with Crippen molar-refractivity contribution in [3.63, 3.8) is 0 Å². The van der Waals surface area contributed by atoms with Crippen molar-refractivity contribution in [2.45, 2.75) is 39.5 Å². The maximum absolute atomic E-state index is 11.6. The predicted molar refractivity (Wildman–Crippen MR) is 64.2 cm³/mol. The van der Waals surface area contributed by atoms with Crippen LogP contribution >= 0.6 is 0 Å². The van der Waals surface area contributed by atoms with Crippen LogP contribution in [-0.2, 0) is 0 Å². The van der Waals surface area contributed by atoms with E-state index >= 15 is 0 Å². The molecule has 1 aromatic heterocycles. The minimum Gasteiger partial charge on any atom is -0.352 e. The van der Waals surface area contributed by atoms with Crippen LogP contribution in [0.5, 0.6) is 0 Å². The van der Waals surface area contributed by atoms with Crippen LogP contribution in [0.4, 0.5) is 0 Å². The molecule has 1 aromatic rings. The van der Waals surface area contributed by atoms with Gasteiger partial charge in [-0.2, -0.15) is 5.10 Å². The van der Waals surface area contributed by atoms with Gasteiger partial charge in [0.2, 0.25) is 0 Å². The monoisotopic (exact) mass is 223 g/mol. The molecule has 0 aliphatic heterocycles. The van der Waals surface area contributed by atoms with Gasteiger partial charge < -0.3 is 5.32 Å². The van der Waals surface area contributed by atoms with Gasteiger partial charge in [-0.1, -0.05) is 33.1 Å². The van der Waals surface area contributed by atoms with Crippen LogP contribution in [0.25, 0.3) is 0 Å². The molecule has 1 unspecified atom stereocenters. The molecule has 0 spiro atoms. The quantitative estimate of drug-likeness (QED) is 0.745. The standard InChI is InChI=1S/C12H21N3O/c1-3-5-6-10(4-2)7-13-12(16)11-8-14-15-9-11/h8-10H,3-7H2,1-2H3,(H,13,16)(H,14,15). The molecule has 0 radical (unpaired) electrons. The first kappa shape index (κ1) is 12.7. The molecule has 0 saturated heterocycles. The molecule has 1 amide bonds. The van der Waals surface area contributed by atoms with E-state index < -0.39 is 0 Å². The summed E-state index contributed by atoms with van der Waals surface area (Å²) in [5, 5.41) is 9.34. The lowest BCUT2D eigenvalue weighted by Crippen LogP contribution is -2.28. The van der Waals surface area contributed by atoms with Crippen molar-refractivity contribution in [2.75, 3.05) is 6.54 Å². The summed E-state index contributed by atoms with van der Waals surface area (Å²) in [6.45, 7) is 5.13. The highest BCUT2D eigenvalue weighted by Gasteiger charge is 2.10. The Kier molecular flexibility index (Phi) is 5.61. The second kappa shape index (κ2) is 7.04. The van der Waals surface area contributed by atoms with E-state index in [1.165, 1.54) is 19.3 Å². The maximum Gasteiger partial charge on any atom is 0.254 e. The van der Waals surface area contributed by atoms with Crippen molar-refractivity contribution >= 4 is 5.91 Å². The Balaban J connectivity index is 2.29. The van der Waals surface area contributed by atoms with Crippen LogP contribution in [-0.4, -0.2) is 22.6 Å². The lowest BCUT2D eigenvalue weighted by molar-refractivity contribution is 0.0946. The highest BCUT2D eigenvalue weighted by Crippen LogP contribution is 2.11. The average molecular weight is 223 g/mol. The van der Waals surface area contributed by atoms with E-state index in [0.717, 1.165) is 13.0 Å². The highest BCUT2D eigenvalue weighted by molar-refractivity contribution is 5.93. The number of hydrogen-bond donors (Lipinski definition) is 2. The number of unbranched alkanes of at least 4 members (excludes halogenated alkanes) is 1. The van der Waals surface area contributed by atoms with Gasteiger partial charge in [0, 0.05) is 12.7 Å². The molecule has 0 aliphatic rings. The number of carbonyl (C=O) groups is 1. The van der Waals surface area contributed by atoms with Gasteiger partial charge in [-0.25, -0.2) is 0 Å². The van der Waals surface area contributed by atoms with E-state index in [2.05, 4.69) is 29.4 Å². The van der Waals surface area contributed by atoms with E-state index in [9.17, 15) is 4.79 Å². The third-order valence-corrected chi connectivity index (χ3v) is 2.85. The summed E-state index contributed by atoms with van der Waals surface area (Å²) in [6, 6.07) is 0. The van der Waals surface area contributed by atoms with Crippen molar-refractivity contribution in [2.24, 2.45) is 5.92 Å². The predicted octanol–water partition coefficient (Wildman–Crippen LogP) is 2.36. The molecule has 0 aliphatic carbocycles. The maximum atomic E-state index is 11.6. The number of hydrogen-bond acceptors (Lipinski definition) is 2. The van der Waals surface area contributed by atoms with E-state index in [4.69, 9.17) is 0 Å². The van der Waals surface area contributed by atoms with Crippen molar-refractivity contribution in [3.05, 3.63) is 18.0 Å². The van der Waals surface area contributed by atoms with E-state index in [1.807, 2.05) is 0 Å². The number of H-pyrrole nitrogens is 1. The van der Waals surface area contributed by atoms with Crippen LogP contribution in [0.1, 0.15) is 49.9 Å². The lowest BCUT2D eigenvalue weighted by Gasteiger charge is -2.14. The van der Waals surface area contributed by atoms with Crippen molar-refractivity contribution < 1.29 is 4.79 Å². The third kappa shape index (κ3) is 4.04. The number of rotatable bonds is 7. The molecule has 4 heteroatoms. The summed E-state index contributed by atoms with van der Waals surface area (Å²) in [5.41, 5.74) is 0.602. The van der Waals surface area contributed by atoms with Gasteiger partial charge in [0.15, 0.2) is 0 Å². The number of aromatic nitrogens is 2. The van der Waals surface area contributed by atoms with Gasteiger partial charge in [-0.05, 0) is 12.3 Å². The van der Waals surface area contributed by atoms with Crippen molar-refractivity contribution in [1.82, 2.24) is 15.5 Å². The number of aromatic amines is 1. The summed E-state index contributed by atoms with van der Waals surface area (Å²) in [6.07, 6.45) is 7.92. The molecule has 0 bridgehead atoms. The number of nitrogens with zero attached hydrogens (tertiary/aromatic N) is 1. The van der Waals surface area contributed by atoms with Crippen LogP contribution in [0, 0.1) is 5.92 Å². The lowest BCUT2D eigenvalue weighted by atomic mass is 9.99. The summed E-state index contributed by atoms with van der Waals surface area (Å²) in [5.74, 6) is 0.555. The Hall–Kier alpha value is -1.32. The Labute approximate surface area is 96.8 Å². The molecule has 2 N–H and O–H groups in total. The summed E-state index contributed by atoms with van der Waals surface area (Å²) in [4.78, 5) is 11.6. The summed E-state index contributed by atoms with van der Waals surface area (Å²) < 4.78 is 0. The number of carbonyl (C=O) groups excluding carboxylic acids is 1. The van der Waals surface area contributed by atoms with E-state index in [-0.39, 0.29) is 5.91 Å². The van der Waals surface area contributed by atoms with Crippen LogP contribution in [0.3, 0.4) is 0 Å². The Morgan fingerprint density at radius 2 is 2.38 bits per heavy atom. The Morgan fingerprint density at radius 1 is 1.56 bits per heavy atom. The molecular weight excluding hydrogens is 202 g/mol. The fourth-order valence-corrected chi connectivity index (χ4v) is 1.66. The molecule has 16 heavy (non-hydrogen) atoms. The fraction of sp³-hybridized carbons (Fsp3) is 0.667. The van der Waals surface area contributed by atoms with Gasteiger partial charge in [-0.3, -0.25) is 9.89 Å². The molecule has 4 nitrogen and oxygen atoms in total. The van der Waals surface area contributed by atoms with Crippen molar-refractivity contribution in [1.29, 1.82) is 0 Å². The first-order valence-corrected chi connectivity index (χ1v) is 6.04. The molecule has 1 rings (SSSR count). The second-order valence-corrected chi connectivity index (χ2v) is 4.11. The Bertz CT molecular complexity index is 295. The molecule has 90 valence electrons. The number of nitrogens with one attached hydrogen (secondary N) is 2. The summed E-state index contributed by atoms with van der Waals surface area (Å²) in [7, 11) is 0. The first-order valence-electron chi connectivity index (χ1n) is 6.04. The fourth-order valence-electron chi connectivity index (χ4n) is 1.66. The van der Waals surface area contributed by atoms with Crippen LogP contribution < -0.4 is 5.32 Å². The van der Waals surface area contributed by atoms with Gasteiger partial charge in [-0.15, -0.1) is 0 Å². The molecule has 1 heterocycles. The summed E-state index contributed by atoms with van der Waals surface area (Å²) >= 11 is 0. The molecule has 0 fully saturated rings.